The number of esters is 1. The van der Waals surface area contributed by atoms with E-state index in [9.17, 15) is 24.6 Å². The van der Waals surface area contributed by atoms with E-state index in [0.29, 0.717) is 24.8 Å². The average Bonchev–Trinajstić information content (AvgIpc) is 2.89. The van der Waals surface area contributed by atoms with Crippen molar-refractivity contribution < 1.29 is 33.7 Å². The molecule has 0 saturated heterocycles. The molecule has 0 radical (unpaired) electrons. The molecule has 0 spiro atoms. The lowest BCUT2D eigenvalue weighted by Crippen LogP contribution is -2.69. The second kappa shape index (κ2) is 6.82. The van der Waals surface area contributed by atoms with Crippen molar-refractivity contribution in [1.29, 1.82) is 0 Å². The normalized spacial score (nSPS) is 48.4. The van der Waals surface area contributed by atoms with Crippen LogP contribution in [0.4, 0.5) is 4.39 Å². The number of hydrogen-bond donors (Lipinski definition) is 2. The summed E-state index contributed by atoms with van der Waals surface area (Å²) in [5.74, 6) is -2.80. The van der Waals surface area contributed by atoms with Crippen molar-refractivity contribution in [2.24, 2.45) is 28.6 Å². The number of rotatable bonds is 3. The summed E-state index contributed by atoms with van der Waals surface area (Å²) >= 11 is 0. The number of ether oxygens (including phenoxy) is 1. The van der Waals surface area contributed by atoms with E-state index in [0.717, 1.165) is 0 Å². The van der Waals surface area contributed by atoms with Crippen molar-refractivity contribution in [3.63, 3.8) is 0 Å². The fourth-order valence-corrected chi connectivity index (χ4v) is 7.42. The van der Waals surface area contributed by atoms with Gasteiger partial charge < -0.3 is 14.9 Å². The summed E-state index contributed by atoms with van der Waals surface area (Å²) in [6.45, 7) is 5.89. The first-order valence-electron chi connectivity index (χ1n) is 11.0. The molecule has 170 valence electrons. The Morgan fingerprint density at radius 2 is 1.97 bits per heavy atom. The summed E-state index contributed by atoms with van der Waals surface area (Å²) in [6, 6.07) is 0. The fourth-order valence-electron chi connectivity index (χ4n) is 7.42. The molecule has 0 heterocycles. The highest BCUT2D eigenvalue weighted by Gasteiger charge is 2.75. The zero-order chi connectivity index (χ0) is 23.0. The maximum absolute atomic E-state index is 17.0. The molecule has 0 bridgehead atoms. The zero-order valence-corrected chi connectivity index (χ0v) is 18.5. The molecule has 3 saturated carbocycles. The van der Waals surface area contributed by atoms with Gasteiger partial charge in [-0.3, -0.25) is 14.4 Å². The number of aliphatic hydroxyl groups is 2. The quantitative estimate of drug-likeness (QED) is 0.662. The summed E-state index contributed by atoms with van der Waals surface area (Å²) in [7, 11) is 0. The van der Waals surface area contributed by atoms with Crippen LogP contribution in [0, 0.1) is 28.6 Å². The number of hydrogen-bond acceptors (Lipinski definition) is 6. The minimum absolute atomic E-state index is 0.0953. The third-order valence-electron chi connectivity index (χ3n) is 9.05. The highest BCUT2D eigenvalue weighted by Crippen LogP contribution is 2.70. The number of ketones is 2. The SMILES string of the molecule is CC(=O)OCC(=O)[C@@]1(O)[C@@H](C)C[C@H]2C3CCC4=CC(=O)C=CC4(C)[C@@]3(F)[C@@H](O)CC21C. The number of Topliss-reactive ketones (excluding diaryl/α,β-unsaturated/α-hetero) is 1. The molecule has 0 aliphatic heterocycles. The summed E-state index contributed by atoms with van der Waals surface area (Å²) < 4.78 is 21.9. The van der Waals surface area contributed by atoms with Crippen LogP contribution in [0.15, 0.2) is 23.8 Å². The second-order valence-electron chi connectivity index (χ2n) is 10.4. The van der Waals surface area contributed by atoms with Crippen molar-refractivity contribution in [3.8, 4) is 0 Å². The Morgan fingerprint density at radius 1 is 1.29 bits per heavy atom. The smallest absolute Gasteiger partial charge is 0.303 e. The minimum atomic E-state index is -2.01. The standard InChI is InChI=1S/C24H31FO6/c1-13-9-18-17-6-5-15-10-16(27)7-8-21(15,3)23(17,25)19(28)11-22(18,4)24(13,30)20(29)12-31-14(2)26/h7-8,10,13,17-19,28,30H,5-6,9,11-12H2,1-4H3/t13-,17?,18-,19-,21?,22?,23-,24-/m0/s1. The van der Waals surface area contributed by atoms with Crippen molar-refractivity contribution in [2.45, 2.75) is 70.8 Å². The van der Waals surface area contributed by atoms with Crippen LogP contribution in [0.3, 0.4) is 0 Å². The van der Waals surface area contributed by atoms with Gasteiger partial charge in [0, 0.05) is 23.7 Å². The largest absolute Gasteiger partial charge is 0.458 e. The monoisotopic (exact) mass is 434 g/mol. The highest BCUT2D eigenvalue weighted by molar-refractivity contribution is 6.01. The summed E-state index contributed by atoms with van der Waals surface area (Å²) in [4.78, 5) is 36.2. The molecule has 0 aromatic rings. The third kappa shape index (κ3) is 2.65. The second-order valence-corrected chi connectivity index (χ2v) is 10.4. The van der Waals surface area contributed by atoms with Gasteiger partial charge in [-0.2, -0.15) is 0 Å². The molecular formula is C24H31FO6. The van der Waals surface area contributed by atoms with E-state index in [1.54, 1.807) is 26.8 Å². The number of allylic oxidation sites excluding steroid dienone is 4. The number of fused-ring (bicyclic) bond motifs is 5. The maximum atomic E-state index is 17.0. The predicted molar refractivity (Wildman–Crippen MR) is 109 cm³/mol. The van der Waals surface area contributed by atoms with Gasteiger partial charge in [-0.05, 0) is 56.6 Å². The Kier molecular flexibility index (Phi) is 4.91. The topological polar surface area (TPSA) is 101 Å². The van der Waals surface area contributed by atoms with Crippen molar-refractivity contribution in [2.75, 3.05) is 6.61 Å². The Bertz CT molecular complexity index is 910. The van der Waals surface area contributed by atoms with Crippen LogP contribution in [-0.4, -0.2) is 51.7 Å². The van der Waals surface area contributed by atoms with Gasteiger partial charge in [-0.25, -0.2) is 4.39 Å². The number of carbonyl (C=O) groups excluding carboxylic acids is 3. The number of aliphatic hydroxyl groups excluding tert-OH is 1. The van der Waals surface area contributed by atoms with Crippen LogP contribution >= 0.6 is 0 Å². The summed E-state index contributed by atoms with van der Waals surface area (Å²) in [5.41, 5.74) is -5.33. The van der Waals surface area contributed by atoms with Gasteiger partial charge in [-0.15, -0.1) is 0 Å². The Morgan fingerprint density at radius 3 is 2.61 bits per heavy atom. The van der Waals surface area contributed by atoms with Crippen LogP contribution < -0.4 is 0 Å². The van der Waals surface area contributed by atoms with Gasteiger partial charge in [-0.1, -0.05) is 25.5 Å². The molecule has 3 unspecified atom stereocenters. The molecule has 31 heavy (non-hydrogen) atoms. The molecule has 4 rings (SSSR count). The Balaban J connectivity index is 1.76. The molecule has 6 nitrogen and oxygen atoms in total. The van der Waals surface area contributed by atoms with Gasteiger partial charge in [0.2, 0.25) is 5.78 Å². The molecule has 3 fully saturated rings. The van der Waals surface area contributed by atoms with E-state index >= 15 is 4.39 Å². The molecule has 2 N–H and O–H groups in total. The van der Waals surface area contributed by atoms with Crippen molar-refractivity contribution in [1.82, 2.24) is 0 Å². The molecule has 0 amide bonds. The maximum Gasteiger partial charge on any atom is 0.303 e. The number of carbonyl (C=O) groups is 3. The van der Waals surface area contributed by atoms with Gasteiger partial charge in [0.1, 0.15) is 5.60 Å². The summed E-state index contributed by atoms with van der Waals surface area (Å²) in [6.07, 6.45) is 4.29. The average molecular weight is 435 g/mol. The lowest BCUT2D eigenvalue weighted by Gasteiger charge is -2.62. The molecular weight excluding hydrogens is 403 g/mol. The summed E-state index contributed by atoms with van der Waals surface area (Å²) in [5, 5.41) is 22.9. The van der Waals surface area contributed by atoms with E-state index in [1.165, 1.54) is 19.1 Å². The van der Waals surface area contributed by atoms with Crippen molar-refractivity contribution in [3.05, 3.63) is 23.8 Å². The molecule has 7 heteroatoms. The molecule has 4 aliphatic carbocycles. The number of halogens is 1. The van der Waals surface area contributed by atoms with Crippen molar-refractivity contribution >= 4 is 17.5 Å². The van der Waals surface area contributed by atoms with E-state index in [-0.39, 0.29) is 18.1 Å². The molecule has 4 aliphatic rings. The van der Waals surface area contributed by atoms with Gasteiger partial charge >= 0.3 is 5.97 Å². The lowest BCUT2D eigenvalue weighted by atomic mass is 9.44. The molecule has 8 atom stereocenters. The van der Waals surface area contributed by atoms with Crippen LogP contribution in [-0.2, 0) is 19.1 Å². The predicted octanol–water partition coefficient (Wildman–Crippen LogP) is 2.47. The van der Waals surface area contributed by atoms with Crippen LogP contribution in [0.5, 0.6) is 0 Å². The van der Waals surface area contributed by atoms with Gasteiger partial charge in [0.15, 0.2) is 18.1 Å². The van der Waals surface area contributed by atoms with Crippen LogP contribution in [0.25, 0.3) is 0 Å². The third-order valence-corrected chi connectivity index (χ3v) is 9.05. The number of alkyl halides is 1. The molecule has 0 aromatic heterocycles. The van der Waals surface area contributed by atoms with E-state index < -0.39 is 58.4 Å². The highest BCUT2D eigenvalue weighted by atomic mass is 19.1. The fraction of sp³-hybridized carbons (Fsp3) is 0.708. The van der Waals surface area contributed by atoms with Gasteiger partial charge in [0.25, 0.3) is 0 Å². The Labute approximate surface area is 181 Å². The van der Waals surface area contributed by atoms with Gasteiger partial charge in [0.05, 0.1) is 6.10 Å². The van der Waals surface area contributed by atoms with E-state index in [2.05, 4.69) is 0 Å². The van der Waals surface area contributed by atoms with E-state index in [4.69, 9.17) is 4.74 Å². The van der Waals surface area contributed by atoms with E-state index in [1.807, 2.05) is 0 Å². The zero-order valence-electron chi connectivity index (χ0n) is 18.5. The first-order chi connectivity index (χ1) is 14.3. The Hall–Kier alpha value is -1.86. The van der Waals surface area contributed by atoms with Crippen LogP contribution in [0.2, 0.25) is 0 Å². The first-order valence-corrected chi connectivity index (χ1v) is 11.0. The van der Waals surface area contributed by atoms with Crippen LogP contribution in [0.1, 0.15) is 53.4 Å². The first kappa shape index (κ1) is 22.3. The minimum Gasteiger partial charge on any atom is -0.458 e. The lowest BCUT2D eigenvalue weighted by molar-refractivity contribution is -0.219. The molecule has 0 aromatic carbocycles.